The van der Waals surface area contributed by atoms with Crippen LogP contribution in [0.5, 0.6) is 0 Å². The van der Waals surface area contributed by atoms with Crippen LogP contribution in [0.4, 0.5) is 5.95 Å². The Morgan fingerprint density at radius 1 is 1.32 bits per heavy atom. The second-order valence-electron chi connectivity index (χ2n) is 4.97. The number of aryl methyl sites for hydroxylation is 1. The number of nitrogens with one attached hydrogen (secondary N) is 2. The van der Waals surface area contributed by atoms with E-state index in [9.17, 15) is 4.79 Å². The minimum atomic E-state index is -0.374. The molecule has 2 aromatic heterocycles. The van der Waals surface area contributed by atoms with Gasteiger partial charge in [0.1, 0.15) is 6.04 Å². The molecule has 6 nitrogen and oxygen atoms in total. The van der Waals surface area contributed by atoms with Gasteiger partial charge in [-0.25, -0.2) is 4.52 Å². The van der Waals surface area contributed by atoms with Crippen LogP contribution in [-0.4, -0.2) is 32.6 Å². The van der Waals surface area contributed by atoms with E-state index in [0.717, 1.165) is 11.2 Å². The van der Waals surface area contributed by atoms with Gasteiger partial charge >= 0.3 is 0 Å². The first-order valence-electron chi connectivity index (χ1n) is 6.35. The number of carbonyl (C=O) groups is 1. The van der Waals surface area contributed by atoms with E-state index in [2.05, 4.69) is 20.7 Å². The molecule has 0 fully saturated rings. The number of aromatic nitrogens is 3. The maximum Gasteiger partial charge on any atom is 0.243 e. The Hall–Kier alpha value is -2.11. The third-order valence-corrected chi connectivity index (χ3v) is 2.65. The molecule has 0 aliphatic carbocycles. The highest BCUT2D eigenvalue weighted by Crippen LogP contribution is 2.08. The van der Waals surface area contributed by atoms with Crippen molar-refractivity contribution in [3.05, 3.63) is 23.9 Å². The Labute approximate surface area is 112 Å². The van der Waals surface area contributed by atoms with Crippen molar-refractivity contribution in [3.63, 3.8) is 0 Å². The highest BCUT2D eigenvalue weighted by atomic mass is 16.2. The standard InChI is InChI=1S/C13H19N5O/c1-8(2)14-12(19)10(4)15-13-16-11-6-5-9(3)7-18(11)17-13/h5-8,10H,1-4H3,(H,14,19)(H,15,17). The van der Waals surface area contributed by atoms with E-state index in [1.165, 1.54) is 0 Å². The van der Waals surface area contributed by atoms with Gasteiger partial charge in [-0.15, -0.1) is 5.10 Å². The predicted octanol–water partition coefficient (Wildman–Crippen LogP) is 1.36. The van der Waals surface area contributed by atoms with Crippen molar-refractivity contribution < 1.29 is 4.79 Å². The van der Waals surface area contributed by atoms with Gasteiger partial charge in [-0.05, 0) is 39.3 Å². The molecule has 0 spiro atoms. The molecular weight excluding hydrogens is 242 g/mol. The Morgan fingerprint density at radius 2 is 2.05 bits per heavy atom. The minimum Gasteiger partial charge on any atom is -0.352 e. The van der Waals surface area contributed by atoms with E-state index in [4.69, 9.17) is 0 Å². The molecule has 0 saturated heterocycles. The number of rotatable bonds is 4. The molecule has 0 aromatic carbocycles. The van der Waals surface area contributed by atoms with E-state index in [1.807, 2.05) is 39.1 Å². The number of amides is 1. The van der Waals surface area contributed by atoms with Gasteiger partial charge in [-0.3, -0.25) is 4.79 Å². The van der Waals surface area contributed by atoms with E-state index in [0.29, 0.717) is 5.95 Å². The summed E-state index contributed by atoms with van der Waals surface area (Å²) in [7, 11) is 0. The fraction of sp³-hybridized carbons (Fsp3) is 0.462. The maximum atomic E-state index is 11.8. The fourth-order valence-electron chi connectivity index (χ4n) is 1.72. The largest absolute Gasteiger partial charge is 0.352 e. The van der Waals surface area contributed by atoms with Gasteiger partial charge in [0.05, 0.1) is 0 Å². The summed E-state index contributed by atoms with van der Waals surface area (Å²) in [5, 5.41) is 10.1. The predicted molar refractivity (Wildman–Crippen MR) is 74.1 cm³/mol. The normalized spacial score (nSPS) is 12.7. The maximum absolute atomic E-state index is 11.8. The van der Waals surface area contributed by atoms with Gasteiger partial charge in [0.15, 0.2) is 5.65 Å². The molecular formula is C13H19N5O. The van der Waals surface area contributed by atoms with Crippen LogP contribution in [0.15, 0.2) is 18.3 Å². The van der Waals surface area contributed by atoms with Crippen LogP contribution < -0.4 is 10.6 Å². The lowest BCUT2D eigenvalue weighted by Gasteiger charge is -2.14. The lowest BCUT2D eigenvalue weighted by Crippen LogP contribution is -2.41. The molecule has 19 heavy (non-hydrogen) atoms. The van der Waals surface area contributed by atoms with Gasteiger partial charge in [-0.1, -0.05) is 6.07 Å². The van der Waals surface area contributed by atoms with Gasteiger partial charge in [0.2, 0.25) is 11.9 Å². The summed E-state index contributed by atoms with van der Waals surface area (Å²) in [6, 6.07) is 3.61. The van der Waals surface area contributed by atoms with Gasteiger partial charge in [-0.2, -0.15) is 4.98 Å². The molecule has 1 unspecified atom stereocenters. The van der Waals surface area contributed by atoms with E-state index < -0.39 is 0 Å². The lowest BCUT2D eigenvalue weighted by molar-refractivity contribution is -0.122. The highest BCUT2D eigenvalue weighted by Gasteiger charge is 2.15. The van der Waals surface area contributed by atoms with Crippen molar-refractivity contribution in [3.8, 4) is 0 Å². The van der Waals surface area contributed by atoms with Crippen molar-refractivity contribution in [2.24, 2.45) is 0 Å². The van der Waals surface area contributed by atoms with Gasteiger partial charge in [0.25, 0.3) is 0 Å². The summed E-state index contributed by atoms with van der Waals surface area (Å²) >= 11 is 0. The fourth-order valence-corrected chi connectivity index (χ4v) is 1.72. The second kappa shape index (κ2) is 5.26. The average molecular weight is 261 g/mol. The molecule has 1 amide bonds. The topological polar surface area (TPSA) is 71.3 Å². The third kappa shape index (κ3) is 3.21. The Kier molecular flexibility index (Phi) is 3.69. The molecule has 2 aromatic rings. The number of anilines is 1. The summed E-state index contributed by atoms with van der Waals surface area (Å²) < 4.78 is 1.70. The van der Waals surface area contributed by atoms with E-state index in [1.54, 1.807) is 11.4 Å². The molecule has 0 radical (unpaired) electrons. The first kappa shape index (κ1) is 13.3. The first-order chi connectivity index (χ1) is 8.95. The smallest absolute Gasteiger partial charge is 0.243 e. The van der Waals surface area contributed by atoms with Crippen LogP contribution >= 0.6 is 0 Å². The number of hydrogen-bond donors (Lipinski definition) is 2. The molecule has 0 saturated carbocycles. The highest BCUT2D eigenvalue weighted by molar-refractivity contribution is 5.83. The number of pyridine rings is 1. The zero-order valence-corrected chi connectivity index (χ0v) is 11.6. The molecule has 2 rings (SSSR count). The first-order valence-corrected chi connectivity index (χ1v) is 6.35. The molecule has 2 N–H and O–H groups in total. The summed E-state index contributed by atoms with van der Waals surface area (Å²) in [5.74, 6) is 0.391. The van der Waals surface area contributed by atoms with Crippen LogP contribution in [0.2, 0.25) is 0 Å². The molecule has 0 aliphatic heterocycles. The molecule has 0 bridgehead atoms. The number of carbonyl (C=O) groups excluding carboxylic acids is 1. The second-order valence-corrected chi connectivity index (χ2v) is 4.97. The van der Waals surface area contributed by atoms with Crippen molar-refractivity contribution in [1.29, 1.82) is 0 Å². The zero-order chi connectivity index (χ0) is 14.0. The molecule has 6 heteroatoms. The third-order valence-electron chi connectivity index (χ3n) is 2.65. The van der Waals surface area contributed by atoms with E-state index >= 15 is 0 Å². The Morgan fingerprint density at radius 3 is 2.74 bits per heavy atom. The van der Waals surface area contributed by atoms with Gasteiger partial charge in [0, 0.05) is 12.2 Å². The Balaban J connectivity index is 2.10. The van der Waals surface area contributed by atoms with Crippen LogP contribution in [0, 0.1) is 6.92 Å². The van der Waals surface area contributed by atoms with Crippen molar-refractivity contribution >= 4 is 17.5 Å². The average Bonchev–Trinajstić information content (AvgIpc) is 2.69. The molecule has 2 heterocycles. The van der Waals surface area contributed by atoms with Crippen molar-refractivity contribution in [2.45, 2.75) is 39.8 Å². The van der Waals surface area contributed by atoms with Crippen molar-refractivity contribution in [2.75, 3.05) is 5.32 Å². The monoisotopic (exact) mass is 261 g/mol. The quantitative estimate of drug-likeness (QED) is 0.872. The molecule has 0 aliphatic rings. The van der Waals surface area contributed by atoms with Crippen LogP contribution in [0.3, 0.4) is 0 Å². The lowest BCUT2D eigenvalue weighted by atomic mass is 10.3. The SMILES string of the molecule is Cc1ccc2nc(NC(C)C(=O)NC(C)C)nn2c1. The summed E-state index contributed by atoms with van der Waals surface area (Å²) in [5.41, 5.74) is 1.86. The minimum absolute atomic E-state index is 0.0648. The molecule has 102 valence electrons. The number of nitrogens with zero attached hydrogens (tertiary/aromatic N) is 3. The number of hydrogen-bond acceptors (Lipinski definition) is 4. The van der Waals surface area contributed by atoms with Crippen LogP contribution in [0.25, 0.3) is 5.65 Å². The van der Waals surface area contributed by atoms with E-state index in [-0.39, 0.29) is 18.0 Å². The Bertz CT molecular complexity index is 590. The molecule has 1 atom stereocenters. The number of fused-ring (bicyclic) bond motifs is 1. The van der Waals surface area contributed by atoms with Gasteiger partial charge < -0.3 is 10.6 Å². The summed E-state index contributed by atoms with van der Waals surface area (Å²) in [6.07, 6.45) is 1.90. The van der Waals surface area contributed by atoms with Crippen LogP contribution in [-0.2, 0) is 4.79 Å². The zero-order valence-electron chi connectivity index (χ0n) is 11.6. The van der Waals surface area contributed by atoms with Crippen LogP contribution in [0.1, 0.15) is 26.3 Å². The van der Waals surface area contributed by atoms with Crippen molar-refractivity contribution in [1.82, 2.24) is 19.9 Å². The summed E-state index contributed by atoms with van der Waals surface area (Å²) in [6.45, 7) is 7.63. The summed E-state index contributed by atoms with van der Waals surface area (Å²) in [4.78, 5) is 16.1.